The molecule has 0 bridgehead atoms. The first-order valence-corrected chi connectivity index (χ1v) is 13.8. The molecule has 0 spiro atoms. The van der Waals surface area contributed by atoms with E-state index in [0.29, 0.717) is 48.0 Å². The smallest absolute Gasteiger partial charge is 0.303 e. The van der Waals surface area contributed by atoms with Gasteiger partial charge in [-0.25, -0.2) is 0 Å². The van der Waals surface area contributed by atoms with E-state index in [2.05, 4.69) is 0 Å². The van der Waals surface area contributed by atoms with Crippen LogP contribution in [0.5, 0.6) is 17.2 Å². The van der Waals surface area contributed by atoms with Gasteiger partial charge >= 0.3 is 5.97 Å². The number of hydrogen-bond acceptors (Lipinski definition) is 8. The number of Topliss-reactive ketones (excluding diaryl/α,β-unsaturated/α-hetero) is 1. The molecule has 1 aliphatic heterocycles. The number of hydrogen-bond donors (Lipinski definition) is 2. The van der Waals surface area contributed by atoms with Crippen molar-refractivity contribution in [2.75, 3.05) is 20.8 Å². The van der Waals surface area contributed by atoms with Crippen LogP contribution in [0.15, 0.2) is 46.6 Å². The molecular formula is C31H33NO9. The predicted molar refractivity (Wildman–Crippen MR) is 145 cm³/mol. The molecule has 1 heterocycles. The molecule has 2 N–H and O–H groups in total. The fraction of sp³-hybridized carbons (Fsp3) is 0.452. The van der Waals surface area contributed by atoms with Gasteiger partial charge in [-0.1, -0.05) is 18.1 Å². The van der Waals surface area contributed by atoms with Gasteiger partial charge in [0.1, 0.15) is 17.2 Å². The van der Waals surface area contributed by atoms with Crippen LogP contribution >= 0.6 is 0 Å². The molecule has 41 heavy (non-hydrogen) atoms. The molecule has 1 aromatic carbocycles. The Morgan fingerprint density at radius 2 is 1.68 bits per heavy atom. The quantitative estimate of drug-likeness (QED) is 0.199. The maximum absolute atomic E-state index is 13.8. The number of unbranched alkanes of at least 4 members (excludes halogenated alkanes) is 2. The molecule has 2 amide bonds. The third-order valence-corrected chi connectivity index (χ3v) is 8.75. The summed E-state index contributed by atoms with van der Waals surface area (Å²) in [6.07, 6.45) is 5.27. The van der Waals surface area contributed by atoms with Crippen molar-refractivity contribution in [1.82, 2.24) is 4.90 Å². The second-order valence-corrected chi connectivity index (χ2v) is 11.0. The lowest BCUT2D eigenvalue weighted by Crippen LogP contribution is -2.40. The number of aromatic hydroxyl groups is 1. The molecule has 0 radical (unpaired) electrons. The highest BCUT2D eigenvalue weighted by Gasteiger charge is 2.56. The van der Waals surface area contributed by atoms with Crippen LogP contribution in [0, 0.1) is 17.8 Å². The number of benzene rings is 1. The van der Waals surface area contributed by atoms with Crippen LogP contribution < -0.4 is 9.47 Å². The van der Waals surface area contributed by atoms with Crippen molar-refractivity contribution in [1.29, 1.82) is 0 Å². The van der Waals surface area contributed by atoms with Gasteiger partial charge in [0, 0.05) is 53.3 Å². The van der Waals surface area contributed by atoms with E-state index in [1.54, 1.807) is 6.92 Å². The average molecular weight is 564 g/mol. The van der Waals surface area contributed by atoms with Crippen molar-refractivity contribution in [3.05, 3.63) is 52.1 Å². The molecule has 5 rings (SSSR count). The lowest BCUT2D eigenvalue weighted by Gasteiger charge is -2.42. The van der Waals surface area contributed by atoms with E-state index in [1.165, 1.54) is 37.3 Å². The first-order chi connectivity index (χ1) is 19.6. The van der Waals surface area contributed by atoms with Crippen LogP contribution in [0.25, 0.3) is 0 Å². The standard InChI is InChI=1S/C31H33NO9/c1-15-11-21(34)20-14-19-17(26(27(20)29(15)37)28-22(40-2)12-16(33)13-23(28)41-3)8-9-18-25(19)31(39)32(30(18)38)10-6-4-5-7-24(35)36/h8,11-13,18-19,25-26,33H,4-7,9-10,14H2,1-3H3,(H,35,36)/t18-,19+,25-,26-/m0/s1. The van der Waals surface area contributed by atoms with Gasteiger partial charge in [0.25, 0.3) is 0 Å². The Morgan fingerprint density at radius 1 is 1.00 bits per heavy atom. The molecule has 0 aromatic heterocycles. The number of ketones is 2. The largest absolute Gasteiger partial charge is 0.508 e. The summed E-state index contributed by atoms with van der Waals surface area (Å²) in [5.74, 6) is -4.12. The zero-order valence-electron chi connectivity index (χ0n) is 23.3. The van der Waals surface area contributed by atoms with E-state index in [-0.39, 0.29) is 60.0 Å². The maximum atomic E-state index is 13.8. The van der Waals surface area contributed by atoms with Crippen molar-refractivity contribution >= 4 is 29.4 Å². The van der Waals surface area contributed by atoms with E-state index < -0.39 is 29.6 Å². The van der Waals surface area contributed by atoms with Gasteiger partial charge in [0.2, 0.25) is 11.8 Å². The number of fused-ring (bicyclic) bond motifs is 3. The molecule has 10 heteroatoms. The zero-order valence-corrected chi connectivity index (χ0v) is 23.3. The Morgan fingerprint density at radius 3 is 2.32 bits per heavy atom. The Kier molecular flexibility index (Phi) is 7.59. The number of carbonyl (C=O) groups excluding carboxylic acids is 4. The van der Waals surface area contributed by atoms with Gasteiger partial charge in [-0.3, -0.25) is 28.9 Å². The Bertz CT molecular complexity index is 1420. The SMILES string of the molecule is COc1cc(O)cc(OC)c1[C@H]1C2=CC[C@@H]3C(=O)N(CCCCCC(=O)O)C(=O)[C@@H]3[C@@H]2CC2=C1C(=O)C(C)=CC2=O. The van der Waals surface area contributed by atoms with Crippen LogP contribution in [0.4, 0.5) is 0 Å². The van der Waals surface area contributed by atoms with Gasteiger partial charge in [0.05, 0.1) is 26.1 Å². The van der Waals surface area contributed by atoms with Crippen molar-refractivity contribution in [3.8, 4) is 17.2 Å². The number of carbonyl (C=O) groups is 5. The molecule has 1 fully saturated rings. The van der Waals surface area contributed by atoms with Crippen molar-refractivity contribution < 1.29 is 43.7 Å². The van der Waals surface area contributed by atoms with E-state index in [0.717, 1.165) is 5.57 Å². The number of likely N-dealkylation sites (tertiary alicyclic amines) is 1. The number of amides is 2. The summed E-state index contributed by atoms with van der Waals surface area (Å²) in [4.78, 5) is 66.3. The lowest BCUT2D eigenvalue weighted by molar-refractivity contribution is -0.141. The number of aliphatic carboxylic acids is 1. The van der Waals surface area contributed by atoms with Gasteiger partial charge in [-0.05, 0) is 44.6 Å². The Balaban J connectivity index is 1.57. The molecule has 1 saturated heterocycles. The minimum atomic E-state index is -0.883. The minimum Gasteiger partial charge on any atom is -0.508 e. The summed E-state index contributed by atoms with van der Waals surface area (Å²) < 4.78 is 11.2. The van der Waals surface area contributed by atoms with Crippen LogP contribution in [-0.2, 0) is 24.0 Å². The first kappa shape index (κ1) is 28.3. The van der Waals surface area contributed by atoms with Gasteiger partial charge in [0.15, 0.2) is 11.6 Å². The third-order valence-electron chi connectivity index (χ3n) is 8.75. The summed E-state index contributed by atoms with van der Waals surface area (Å²) in [6, 6.07) is 2.84. The highest BCUT2D eigenvalue weighted by atomic mass is 16.5. The number of carboxylic acid groups (broad SMARTS) is 1. The van der Waals surface area contributed by atoms with Crippen LogP contribution in [-0.4, -0.2) is 65.2 Å². The molecule has 4 aliphatic rings. The Labute approximate surface area is 237 Å². The molecule has 3 aliphatic carbocycles. The van der Waals surface area contributed by atoms with Gasteiger partial charge < -0.3 is 19.7 Å². The lowest BCUT2D eigenvalue weighted by atomic mass is 9.59. The van der Waals surface area contributed by atoms with Crippen molar-refractivity contribution in [2.24, 2.45) is 17.8 Å². The highest BCUT2D eigenvalue weighted by Crippen LogP contribution is 2.58. The van der Waals surface area contributed by atoms with Crippen LogP contribution in [0.2, 0.25) is 0 Å². The minimum absolute atomic E-state index is 0.0339. The highest BCUT2D eigenvalue weighted by molar-refractivity contribution is 6.24. The number of allylic oxidation sites excluding steroid dienone is 6. The maximum Gasteiger partial charge on any atom is 0.303 e. The first-order valence-electron chi connectivity index (χ1n) is 13.8. The summed E-state index contributed by atoms with van der Waals surface area (Å²) in [6.45, 7) is 1.81. The molecule has 4 atom stereocenters. The van der Waals surface area contributed by atoms with Crippen molar-refractivity contribution in [2.45, 2.75) is 51.4 Å². The molecule has 1 aromatic rings. The number of rotatable bonds is 9. The van der Waals surface area contributed by atoms with Crippen molar-refractivity contribution in [3.63, 3.8) is 0 Å². The molecule has 10 nitrogen and oxygen atoms in total. The monoisotopic (exact) mass is 563 g/mol. The average Bonchev–Trinajstić information content (AvgIpc) is 3.19. The number of ether oxygens (including phenoxy) is 2. The number of carboxylic acids is 1. The normalized spacial score (nSPS) is 25.4. The van der Waals surface area contributed by atoms with Crippen LogP contribution in [0.1, 0.15) is 56.9 Å². The number of phenolic OH excluding ortho intramolecular Hbond substituents is 1. The zero-order chi connectivity index (χ0) is 29.6. The number of methoxy groups -OCH3 is 2. The molecule has 0 unspecified atom stereocenters. The van der Waals surface area contributed by atoms with E-state index in [4.69, 9.17) is 14.6 Å². The molecule has 0 saturated carbocycles. The van der Waals surface area contributed by atoms with Gasteiger partial charge in [-0.2, -0.15) is 0 Å². The summed E-state index contributed by atoms with van der Waals surface area (Å²) >= 11 is 0. The van der Waals surface area contributed by atoms with E-state index in [1.807, 2.05) is 6.08 Å². The summed E-state index contributed by atoms with van der Waals surface area (Å²) in [5, 5.41) is 19.2. The number of imide groups is 1. The summed E-state index contributed by atoms with van der Waals surface area (Å²) in [7, 11) is 2.87. The summed E-state index contributed by atoms with van der Waals surface area (Å²) in [5.41, 5.74) is 2.16. The third kappa shape index (κ3) is 4.75. The number of phenols is 1. The fourth-order valence-corrected chi connectivity index (χ4v) is 6.91. The second-order valence-electron chi connectivity index (χ2n) is 11.0. The molecular weight excluding hydrogens is 530 g/mol. The topological polar surface area (TPSA) is 148 Å². The van der Waals surface area contributed by atoms with Gasteiger partial charge in [-0.15, -0.1) is 0 Å². The Hall–Kier alpha value is -4.21. The van der Waals surface area contributed by atoms with E-state index in [9.17, 15) is 29.1 Å². The van der Waals surface area contributed by atoms with Crippen LogP contribution in [0.3, 0.4) is 0 Å². The second kappa shape index (κ2) is 11.0. The van der Waals surface area contributed by atoms with E-state index >= 15 is 0 Å². The molecule has 216 valence electrons. The fourth-order valence-electron chi connectivity index (χ4n) is 6.91. The predicted octanol–water partition coefficient (Wildman–Crippen LogP) is 3.48. The number of nitrogens with zero attached hydrogens (tertiary/aromatic N) is 1.